The molecule has 0 aliphatic carbocycles. The van der Waals surface area contributed by atoms with E-state index in [1.165, 1.54) is 0 Å². The lowest BCUT2D eigenvalue weighted by molar-refractivity contribution is -0.162. The zero-order chi connectivity index (χ0) is 15.5. The molecule has 0 spiro atoms. The van der Waals surface area contributed by atoms with Crippen molar-refractivity contribution in [1.82, 2.24) is 0 Å². The van der Waals surface area contributed by atoms with Crippen LogP contribution in [0.3, 0.4) is 0 Å². The first-order valence-corrected chi connectivity index (χ1v) is 7.42. The third-order valence-electron chi connectivity index (χ3n) is 3.00. The van der Waals surface area contributed by atoms with Gasteiger partial charge in [0.25, 0.3) is 0 Å². The number of hydrogen-bond donors (Lipinski definition) is 0. The summed E-state index contributed by atoms with van der Waals surface area (Å²) in [6.45, 7) is 9.65. The summed E-state index contributed by atoms with van der Waals surface area (Å²) in [6, 6.07) is 0. The Labute approximate surface area is 122 Å². The minimum Gasteiger partial charge on any atom is -0.465 e. The Morgan fingerprint density at radius 3 is 2.30 bits per heavy atom. The molecule has 2 unspecified atom stereocenters. The first-order valence-electron chi connectivity index (χ1n) is 7.42. The number of carbonyl (C=O) groups is 2. The van der Waals surface area contributed by atoms with Crippen molar-refractivity contribution >= 4 is 11.9 Å². The lowest BCUT2D eigenvalue weighted by Crippen LogP contribution is -2.31. The van der Waals surface area contributed by atoms with E-state index in [-0.39, 0.29) is 18.0 Å². The van der Waals surface area contributed by atoms with Crippen LogP contribution in [0.15, 0.2) is 12.2 Å². The van der Waals surface area contributed by atoms with Crippen LogP contribution in [0.1, 0.15) is 53.9 Å². The summed E-state index contributed by atoms with van der Waals surface area (Å²) < 4.78 is 10.4. The van der Waals surface area contributed by atoms with Crippen LogP contribution in [0.2, 0.25) is 0 Å². The molecule has 0 radical (unpaired) electrons. The zero-order valence-electron chi connectivity index (χ0n) is 13.3. The molecule has 0 aromatic rings. The van der Waals surface area contributed by atoms with Crippen LogP contribution >= 0.6 is 0 Å². The fourth-order valence-electron chi connectivity index (χ4n) is 1.72. The van der Waals surface area contributed by atoms with Crippen molar-refractivity contribution < 1.29 is 19.1 Å². The number of esters is 2. The van der Waals surface area contributed by atoms with Crippen LogP contribution in [0.4, 0.5) is 0 Å². The molecule has 4 nitrogen and oxygen atoms in total. The third-order valence-corrected chi connectivity index (χ3v) is 3.00. The summed E-state index contributed by atoms with van der Waals surface area (Å²) in [7, 11) is 0. The largest absolute Gasteiger partial charge is 0.465 e. The number of hydrogen-bond acceptors (Lipinski definition) is 4. The minimum absolute atomic E-state index is 0.177. The second kappa shape index (κ2) is 10.5. The first kappa shape index (κ1) is 18.7. The maximum absolute atomic E-state index is 12.1. The predicted molar refractivity (Wildman–Crippen MR) is 79.2 cm³/mol. The van der Waals surface area contributed by atoms with Crippen LogP contribution in [-0.2, 0) is 19.1 Å². The monoisotopic (exact) mass is 284 g/mol. The van der Waals surface area contributed by atoms with E-state index < -0.39 is 11.8 Å². The summed E-state index contributed by atoms with van der Waals surface area (Å²) in [4.78, 5) is 24.0. The van der Waals surface area contributed by atoms with Gasteiger partial charge in [0.15, 0.2) is 0 Å². The number of ether oxygens (including phenoxy) is 2. The van der Waals surface area contributed by atoms with Crippen LogP contribution < -0.4 is 0 Å². The highest BCUT2D eigenvalue weighted by Crippen LogP contribution is 2.21. The average molecular weight is 284 g/mol. The van der Waals surface area contributed by atoms with E-state index >= 15 is 0 Å². The van der Waals surface area contributed by atoms with Crippen molar-refractivity contribution in [2.45, 2.75) is 60.0 Å². The fraction of sp³-hybridized carbons (Fsp3) is 0.750. The quantitative estimate of drug-likeness (QED) is 0.369. The number of unbranched alkanes of at least 4 members (excludes halogenated alkanes) is 1. The van der Waals surface area contributed by atoms with Gasteiger partial charge < -0.3 is 9.47 Å². The highest BCUT2D eigenvalue weighted by atomic mass is 16.5. The van der Waals surface area contributed by atoms with E-state index in [4.69, 9.17) is 9.47 Å². The Kier molecular flexibility index (Phi) is 9.77. The molecule has 0 bridgehead atoms. The molecular formula is C16H28O4. The van der Waals surface area contributed by atoms with Gasteiger partial charge in [-0.1, -0.05) is 32.4 Å². The van der Waals surface area contributed by atoms with Gasteiger partial charge in [-0.25, -0.2) is 0 Å². The molecule has 0 aromatic carbocycles. The van der Waals surface area contributed by atoms with Crippen molar-refractivity contribution in [2.24, 2.45) is 11.8 Å². The molecule has 0 rings (SSSR count). The molecule has 0 aliphatic rings. The van der Waals surface area contributed by atoms with Crippen molar-refractivity contribution in [3.05, 3.63) is 12.2 Å². The average Bonchev–Trinajstić information content (AvgIpc) is 2.38. The van der Waals surface area contributed by atoms with Gasteiger partial charge >= 0.3 is 11.9 Å². The van der Waals surface area contributed by atoms with E-state index in [0.717, 1.165) is 12.8 Å². The predicted octanol–water partition coefficient (Wildman–Crippen LogP) is 3.50. The number of rotatable bonds is 9. The van der Waals surface area contributed by atoms with Crippen LogP contribution in [0.25, 0.3) is 0 Å². The van der Waals surface area contributed by atoms with Gasteiger partial charge in [0, 0.05) is 0 Å². The zero-order valence-corrected chi connectivity index (χ0v) is 13.3. The van der Waals surface area contributed by atoms with Crippen molar-refractivity contribution in [1.29, 1.82) is 0 Å². The van der Waals surface area contributed by atoms with Gasteiger partial charge in [0.05, 0.1) is 24.5 Å². The maximum atomic E-state index is 12.1. The lowest BCUT2D eigenvalue weighted by Gasteiger charge is -2.21. The van der Waals surface area contributed by atoms with Gasteiger partial charge in [-0.05, 0) is 33.6 Å². The fourth-order valence-corrected chi connectivity index (χ4v) is 1.72. The highest BCUT2D eigenvalue weighted by molar-refractivity contribution is 5.82. The third kappa shape index (κ3) is 7.31. The molecule has 0 saturated carbocycles. The molecule has 0 amide bonds. The Morgan fingerprint density at radius 2 is 1.80 bits per heavy atom. The standard InChI is InChI=1S/C16H28O4/c1-6-8-10-14(16(18)19-11-9-7-2)13(5)15(17)20-12(3)4/h6,8,12-14H,7,9-11H2,1-5H3. The molecule has 0 heterocycles. The second-order valence-corrected chi connectivity index (χ2v) is 5.21. The van der Waals surface area contributed by atoms with E-state index in [9.17, 15) is 9.59 Å². The van der Waals surface area contributed by atoms with E-state index in [1.54, 1.807) is 20.8 Å². The number of carbonyl (C=O) groups excluding carboxylic acids is 2. The second-order valence-electron chi connectivity index (χ2n) is 5.21. The molecule has 0 aromatic heterocycles. The lowest BCUT2D eigenvalue weighted by atomic mass is 9.90. The molecule has 2 atom stereocenters. The molecule has 0 aliphatic heterocycles. The molecule has 0 N–H and O–H groups in total. The molecule has 0 saturated heterocycles. The summed E-state index contributed by atoms with van der Waals surface area (Å²) in [6.07, 6.45) is 5.88. The Balaban J connectivity index is 4.67. The van der Waals surface area contributed by atoms with Crippen LogP contribution in [0, 0.1) is 11.8 Å². The molecule has 4 heteroatoms. The highest BCUT2D eigenvalue weighted by Gasteiger charge is 2.32. The van der Waals surface area contributed by atoms with E-state index in [2.05, 4.69) is 0 Å². The van der Waals surface area contributed by atoms with Crippen molar-refractivity contribution in [3.8, 4) is 0 Å². The van der Waals surface area contributed by atoms with Crippen molar-refractivity contribution in [2.75, 3.05) is 6.61 Å². The molecule has 20 heavy (non-hydrogen) atoms. The molecule has 0 fully saturated rings. The van der Waals surface area contributed by atoms with Crippen LogP contribution in [0.5, 0.6) is 0 Å². The number of allylic oxidation sites excluding steroid dienone is 2. The molecular weight excluding hydrogens is 256 g/mol. The summed E-state index contributed by atoms with van der Waals surface area (Å²) in [5.41, 5.74) is 0. The molecule has 116 valence electrons. The Bertz CT molecular complexity index is 320. The SMILES string of the molecule is CC=CCC(C(=O)OCCCC)C(C)C(=O)OC(C)C. The summed E-state index contributed by atoms with van der Waals surface area (Å²) >= 11 is 0. The smallest absolute Gasteiger partial charge is 0.310 e. The topological polar surface area (TPSA) is 52.6 Å². The van der Waals surface area contributed by atoms with Gasteiger partial charge in [-0.3, -0.25) is 9.59 Å². The summed E-state index contributed by atoms with van der Waals surface area (Å²) in [5, 5.41) is 0. The van der Waals surface area contributed by atoms with Gasteiger partial charge in [0.2, 0.25) is 0 Å². The normalized spacial score (nSPS) is 14.3. The van der Waals surface area contributed by atoms with Crippen molar-refractivity contribution in [3.63, 3.8) is 0 Å². The van der Waals surface area contributed by atoms with E-state index in [1.807, 2.05) is 26.0 Å². The van der Waals surface area contributed by atoms with Gasteiger partial charge in [0.1, 0.15) is 0 Å². The first-order chi connectivity index (χ1) is 9.43. The van der Waals surface area contributed by atoms with E-state index in [0.29, 0.717) is 13.0 Å². The Hall–Kier alpha value is -1.32. The minimum atomic E-state index is -0.497. The van der Waals surface area contributed by atoms with Gasteiger partial charge in [-0.2, -0.15) is 0 Å². The van der Waals surface area contributed by atoms with Gasteiger partial charge in [-0.15, -0.1) is 0 Å². The maximum Gasteiger partial charge on any atom is 0.310 e. The van der Waals surface area contributed by atoms with Crippen LogP contribution in [-0.4, -0.2) is 24.6 Å². The Morgan fingerprint density at radius 1 is 1.15 bits per heavy atom. The summed E-state index contributed by atoms with van der Waals surface area (Å²) in [5.74, 6) is -1.64.